The Labute approximate surface area is 166 Å². The fraction of sp³-hybridized carbons (Fsp3) is 0.0952. The highest BCUT2D eigenvalue weighted by Gasteiger charge is 2.27. The van der Waals surface area contributed by atoms with Crippen molar-refractivity contribution in [3.05, 3.63) is 89.9 Å². The monoisotopic (exact) mass is 396 g/mol. The number of pyridine rings is 1. The summed E-state index contributed by atoms with van der Waals surface area (Å²) in [6.07, 6.45) is 2.21. The van der Waals surface area contributed by atoms with Gasteiger partial charge in [0.25, 0.3) is 5.91 Å². The molecule has 0 saturated heterocycles. The Kier molecular flexibility index (Phi) is 6.39. The molecule has 2 aromatic carbocycles. The summed E-state index contributed by atoms with van der Waals surface area (Å²) < 4.78 is 18.6. The Morgan fingerprint density at radius 1 is 1.04 bits per heavy atom. The number of rotatable bonds is 6. The number of anilines is 1. The zero-order valence-electron chi connectivity index (χ0n) is 15.0. The zero-order valence-corrected chi connectivity index (χ0v) is 15.8. The van der Waals surface area contributed by atoms with Crippen LogP contribution in [-0.2, 0) is 9.53 Å². The van der Waals surface area contributed by atoms with Crippen LogP contribution in [0.3, 0.4) is 0 Å². The van der Waals surface area contributed by atoms with Crippen LogP contribution in [-0.4, -0.2) is 23.1 Å². The van der Waals surface area contributed by atoms with Crippen molar-refractivity contribution in [1.82, 2.24) is 4.98 Å². The number of halogens is 1. The number of nitrogens with zero attached hydrogens (tertiary/aromatic N) is 1. The maximum Gasteiger partial charge on any atom is 0.342 e. The van der Waals surface area contributed by atoms with Crippen molar-refractivity contribution in [2.45, 2.75) is 11.1 Å². The Morgan fingerprint density at radius 3 is 2.43 bits per heavy atom. The highest BCUT2D eigenvalue weighted by atomic mass is 32.2. The van der Waals surface area contributed by atoms with Crippen molar-refractivity contribution in [3.8, 4) is 0 Å². The first-order valence-corrected chi connectivity index (χ1v) is 9.62. The molecule has 0 aliphatic heterocycles. The quantitative estimate of drug-likeness (QED) is 0.491. The third kappa shape index (κ3) is 4.75. The minimum atomic E-state index is -1.17. The van der Waals surface area contributed by atoms with Crippen LogP contribution in [0.1, 0.15) is 22.0 Å². The van der Waals surface area contributed by atoms with Crippen LogP contribution in [0.2, 0.25) is 0 Å². The Hall–Kier alpha value is -3.19. The molecule has 1 aromatic heterocycles. The maximum atomic E-state index is 13.1. The van der Waals surface area contributed by atoms with Gasteiger partial charge >= 0.3 is 5.97 Å². The van der Waals surface area contributed by atoms with E-state index in [9.17, 15) is 14.0 Å². The van der Waals surface area contributed by atoms with E-state index in [1.54, 1.807) is 54.9 Å². The molecule has 7 heteroatoms. The molecule has 1 atom stereocenters. The second kappa shape index (κ2) is 9.14. The molecule has 0 aliphatic carbocycles. The van der Waals surface area contributed by atoms with Crippen LogP contribution in [0, 0.1) is 5.82 Å². The number of amides is 1. The molecule has 0 bridgehead atoms. The minimum Gasteiger partial charge on any atom is -0.444 e. The number of benzene rings is 2. The number of hydrogen-bond acceptors (Lipinski definition) is 5. The molecule has 1 unspecified atom stereocenters. The highest BCUT2D eigenvalue weighted by Crippen LogP contribution is 2.24. The molecular formula is C21H17FN2O3S. The normalized spacial score (nSPS) is 11.5. The Balaban J connectivity index is 1.86. The second-order valence-electron chi connectivity index (χ2n) is 5.75. The first-order valence-electron chi connectivity index (χ1n) is 8.40. The van der Waals surface area contributed by atoms with Gasteiger partial charge in [-0.3, -0.25) is 4.79 Å². The minimum absolute atomic E-state index is 0.283. The van der Waals surface area contributed by atoms with E-state index in [0.717, 1.165) is 0 Å². The van der Waals surface area contributed by atoms with Gasteiger partial charge in [0.05, 0.1) is 5.56 Å². The lowest BCUT2D eigenvalue weighted by molar-refractivity contribution is -0.125. The van der Waals surface area contributed by atoms with Crippen molar-refractivity contribution in [3.63, 3.8) is 0 Å². The van der Waals surface area contributed by atoms with Crippen LogP contribution in [0.4, 0.5) is 10.1 Å². The summed E-state index contributed by atoms with van der Waals surface area (Å²) in [6, 6.07) is 17.3. The number of thioether (sulfide) groups is 1. The lowest BCUT2D eigenvalue weighted by atomic mass is 10.1. The third-order valence-corrected chi connectivity index (χ3v) is 4.57. The van der Waals surface area contributed by atoms with Crippen molar-refractivity contribution >= 4 is 29.3 Å². The summed E-state index contributed by atoms with van der Waals surface area (Å²) in [5.41, 5.74) is 1.20. The topological polar surface area (TPSA) is 68.3 Å². The third-order valence-electron chi connectivity index (χ3n) is 3.86. The van der Waals surface area contributed by atoms with Gasteiger partial charge in [0.15, 0.2) is 0 Å². The predicted molar refractivity (Wildman–Crippen MR) is 106 cm³/mol. The number of carbonyl (C=O) groups excluding carboxylic acids is 2. The summed E-state index contributed by atoms with van der Waals surface area (Å²) >= 11 is 1.31. The van der Waals surface area contributed by atoms with Crippen LogP contribution < -0.4 is 5.32 Å². The van der Waals surface area contributed by atoms with E-state index in [0.29, 0.717) is 16.3 Å². The van der Waals surface area contributed by atoms with Gasteiger partial charge in [-0.25, -0.2) is 14.2 Å². The number of aromatic nitrogens is 1. The summed E-state index contributed by atoms with van der Waals surface area (Å²) in [5, 5.41) is 3.16. The molecule has 0 saturated carbocycles. The molecule has 1 N–H and O–H groups in total. The van der Waals surface area contributed by atoms with E-state index in [1.165, 1.54) is 36.0 Å². The number of carbonyl (C=O) groups is 2. The zero-order chi connectivity index (χ0) is 19.9. The van der Waals surface area contributed by atoms with Crippen LogP contribution >= 0.6 is 11.8 Å². The largest absolute Gasteiger partial charge is 0.444 e. The number of hydrogen-bond donors (Lipinski definition) is 1. The molecule has 1 amide bonds. The number of ether oxygens (including phenoxy) is 1. The van der Waals surface area contributed by atoms with Gasteiger partial charge in [-0.1, -0.05) is 30.3 Å². The van der Waals surface area contributed by atoms with Crippen molar-refractivity contribution in [2.75, 3.05) is 11.6 Å². The fourth-order valence-corrected chi connectivity index (χ4v) is 3.06. The first-order chi connectivity index (χ1) is 13.6. The van der Waals surface area contributed by atoms with Gasteiger partial charge in [-0.15, -0.1) is 11.8 Å². The van der Waals surface area contributed by atoms with Crippen molar-refractivity contribution < 1.29 is 18.7 Å². The SMILES string of the molecule is CSc1ncccc1C(=O)OC(C(=O)Nc1ccc(F)cc1)c1ccccc1. The maximum absolute atomic E-state index is 13.1. The molecule has 0 spiro atoms. The average molecular weight is 396 g/mol. The van der Waals surface area contributed by atoms with Crippen LogP contribution in [0.5, 0.6) is 0 Å². The number of nitrogens with one attached hydrogen (secondary N) is 1. The van der Waals surface area contributed by atoms with Gasteiger partial charge in [0, 0.05) is 17.4 Å². The molecule has 28 heavy (non-hydrogen) atoms. The molecule has 0 fully saturated rings. The summed E-state index contributed by atoms with van der Waals surface area (Å²) in [5.74, 6) is -1.61. The summed E-state index contributed by atoms with van der Waals surface area (Å²) in [6.45, 7) is 0. The molecule has 3 aromatic rings. The smallest absolute Gasteiger partial charge is 0.342 e. The van der Waals surface area contributed by atoms with Gasteiger partial charge in [0.1, 0.15) is 10.8 Å². The lowest BCUT2D eigenvalue weighted by Crippen LogP contribution is -2.26. The van der Waals surface area contributed by atoms with Crippen LogP contribution in [0.25, 0.3) is 0 Å². The summed E-state index contributed by atoms with van der Waals surface area (Å²) in [7, 11) is 0. The Bertz CT molecular complexity index is 965. The van der Waals surface area contributed by atoms with Gasteiger partial charge in [-0.2, -0.15) is 0 Å². The van der Waals surface area contributed by atoms with Gasteiger partial charge in [-0.05, 0) is 42.7 Å². The molecule has 0 radical (unpaired) electrons. The second-order valence-corrected chi connectivity index (χ2v) is 6.55. The van der Waals surface area contributed by atoms with Gasteiger partial charge < -0.3 is 10.1 Å². The van der Waals surface area contributed by atoms with Crippen molar-refractivity contribution in [2.24, 2.45) is 0 Å². The lowest BCUT2D eigenvalue weighted by Gasteiger charge is -2.18. The highest BCUT2D eigenvalue weighted by molar-refractivity contribution is 7.98. The predicted octanol–water partition coefficient (Wildman–Crippen LogP) is 4.48. The first kappa shape index (κ1) is 19.6. The van der Waals surface area contributed by atoms with Gasteiger partial charge in [0.2, 0.25) is 6.10 Å². The Morgan fingerprint density at radius 2 is 1.75 bits per heavy atom. The van der Waals surface area contributed by atoms with E-state index in [4.69, 9.17) is 4.74 Å². The molecule has 3 rings (SSSR count). The average Bonchev–Trinajstić information content (AvgIpc) is 2.74. The van der Waals surface area contributed by atoms with E-state index in [2.05, 4.69) is 10.3 Å². The fourth-order valence-electron chi connectivity index (χ4n) is 2.52. The molecule has 1 heterocycles. The van der Waals surface area contributed by atoms with E-state index < -0.39 is 23.8 Å². The van der Waals surface area contributed by atoms with Crippen LogP contribution in [0.15, 0.2) is 78.0 Å². The van der Waals surface area contributed by atoms with E-state index in [1.807, 2.05) is 0 Å². The number of esters is 1. The molecule has 5 nitrogen and oxygen atoms in total. The van der Waals surface area contributed by atoms with E-state index in [-0.39, 0.29) is 5.56 Å². The van der Waals surface area contributed by atoms with Crippen molar-refractivity contribution in [1.29, 1.82) is 0 Å². The standard InChI is InChI=1S/C21H17FN2O3S/c1-28-20-17(8-5-13-23-20)21(26)27-18(14-6-3-2-4-7-14)19(25)24-16-11-9-15(22)10-12-16/h2-13,18H,1H3,(H,24,25). The molecule has 142 valence electrons. The van der Waals surface area contributed by atoms with E-state index >= 15 is 0 Å². The molecular weight excluding hydrogens is 379 g/mol. The summed E-state index contributed by atoms with van der Waals surface area (Å²) in [4.78, 5) is 29.7. The molecule has 0 aliphatic rings.